The number of thiophene rings is 2. The summed E-state index contributed by atoms with van der Waals surface area (Å²) in [4.78, 5) is 66.5. The Kier molecular flexibility index (Phi) is 14.9. The average Bonchev–Trinajstić information content (AvgIpc) is 3.68. The number of carbonyl (C=O) groups excluding carboxylic acids is 2. The topological polar surface area (TPSA) is 391 Å². The Bertz CT molecular complexity index is 1940. The number of nitrogens with one attached hydrogen (secondary N) is 4. The number of carboxylic acids is 2. The molecule has 24 nitrogen and oxygen atoms in total. The third-order valence-electron chi connectivity index (χ3n) is 4.95. The van der Waals surface area contributed by atoms with Gasteiger partial charge in [-0.15, -0.1) is 22.7 Å². The number of sulfonamides is 2. The SMILES string of the molecule is COc1nc(C)nc(NC(=O)NS(=O)(=O)c2ccsc2C(=O)O)n1.COc1nc(C)nc(NC(=O)NS(=O)(=O)c2ccsc2C(=O)O)n1.N.N. The first kappa shape index (κ1) is 42.3. The molecule has 0 aliphatic carbocycles. The van der Waals surface area contributed by atoms with E-state index in [-0.39, 0.29) is 47.9 Å². The van der Waals surface area contributed by atoms with Gasteiger partial charge < -0.3 is 32.0 Å². The van der Waals surface area contributed by atoms with Crippen molar-refractivity contribution in [2.75, 3.05) is 24.9 Å². The Morgan fingerprint density at radius 1 is 0.640 bits per heavy atom. The number of urea groups is 2. The lowest BCUT2D eigenvalue weighted by atomic mass is 10.5. The highest BCUT2D eigenvalue weighted by Gasteiger charge is 2.27. The quantitative estimate of drug-likeness (QED) is 0.112. The highest BCUT2D eigenvalue weighted by molar-refractivity contribution is 7.90. The number of aryl methyl sites for hydroxylation is 2. The Hall–Kier alpha value is -5.68. The molecule has 0 aliphatic heterocycles. The van der Waals surface area contributed by atoms with Gasteiger partial charge in [-0.25, -0.2) is 45.5 Å². The molecular weight excluding hydrogens is 753 g/mol. The van der Waals surface area contributed by atoms with Crippen LogP contribution in [0, 0.1) is 13.8 Å². The van der Waals surface area contributed by atoms with Gasteiger partial charge in [0.05, 0.1) is 14.2 Å². The predicted octanol–water partition coefficient (Wildman–Crippen LogP) is 1.24. The summed E-state index contributed by atoms with van der Waals surface area (Å²) in [7, 11) is -6.12. The lowest BCUT2D eigenvalue weighted by Crippen LogP contribution is -2.35. The standard InChI is InChI=1S/2C11H11N5O6S2.2H3N/c2*1-5-12-9(15-11(13-5)22-2)14-10(19)16-24(20,21)6-3-4-23-7(6)8(17)18;;/h2*3-4H,1-2H3,(H,17,18)(H2,12,13,14,15,16,19);2*1H3. The van der Waals surface area contributed by atoms with E-state index >= 15 is 0 Å². The maximum Gasteiger partial charge on any atom is 0.347 e. The second-order valence-electron chi connectivity index (χ2n) is 8.34. The predicted molar refractivity (Wildman–Crippen MR) is 174 cm³/mol. The fraction of sp³-hybridized carbons (Fsp3) is 0.182. The Morgan fingerprint density at radius 3 is 1.28 bits per heavy atom. The van der Waals surface area contributed by atoms with Gasteiger partial charge in [0.1, 0.15) is 31.2 Å². The zero-order valence-electron chi connectivity index (χ0n) is 26.0. The summed E-state index contributed by atoms with van der Waals surface area (Å²) in [6, 6.07) is -0.284. The van der Waals surface area contributed by atoms with Crippen molar-refractivity contribution >= 4 is 78.6 Å². The Morgan fingerprint density at radius 2 is 0.980 bits per heavy atom. The molecular formula is C22H28N12O12S4. The fourth-order valence-corrected chi connectivity index (χ4v) is 7.48. The number of methoxy groups -OCH3 is 2. The number of rotatable bonds is 10. The van der Waals surface area contributed by atoms with Gasteiger partial charge >= 0.3 is 36.0 Å². The summed E-state index contributed by atoms with van der Waals surface area (Å²) in [5.41, 5.74) is 0. The average molecular weight is 781 g/mol. The van der Waals surface area contributed by atoms with E-state index in [1.54, 1.807) is 9.44 Å². The van der Waals surface area contributed by atoms with Gasteiger partial charge in [0.25, 0.3) is 20.0 Å². The lowest BCUT2D eigenvalue weighted by Gasteiger charge is -2.08. The van der Waals surface area contributed by atoms with E-state index in [2.05, 4.69) is 40.5 Å². The van der Waals surface area contributed by atoms with Crippen molar-refractivity contribution in [1.29, 1.82) is 0 Å². The number of nitrogens with zero attached hydrogens (tertiary/aromatic N) is 6. The molecule has 0 aliphatic rings. The number of hydrogen-bond donors (Lipinski definition) is 8. The zero-order valence-corrected chi connectivity index (χ0v) is 29.3. The van der Waals surface area contributed by atoms with E-state index < -0.39 is 63.6 Å². The van der Waals surface area contributed by atoms with E-state index in [1.165, 1.54) is 38.8 Å². The molecule has 0 bridgehead atoms. The van der Waals surface area contributed by atoms with Crippen LogP contribution in [0.2, 0.25) is 0 Å². The van der Waals surface area contributed by atoms with Crippen molar-refractivity contribution in [2.24, 2.45) is 0 Å². The first-order chi connectivity index (χ1) is 22.4. The number of anilines is 2. The third-order valence-corrected chi connectivity index (χ3v) is 9.76. The molecule has 4 amide bonds. The second-order valence-corrected chi connectivity index (χ2v) is 13.5. The summed E-state index contributed by atoms with van der Waals surface area (Å²) in [6.07, 6.45) is 0. The molecule has 0 saturated carbocycles. The second kappa shape index (κ2) is 17.6. The van der Waals surface area contributed by atoms with Crippen molar-refractivity contribution in [3.63, 3.8) is 0 Å². The van der Waals surface area contributed by atoms with Crippen LogP contribution in [0.3, 0.4) is 0 Å². The molecule has 272 valence electrons. The van der Waals surface area contributed by atoms with Crippen LogP contribution in [0.15, 0.2) is 32.7 Å². The Labute approximate surface area is 290 Å². The van der Waals surface area contributed by atoms with Crippen molar-refractivity contribution in [2.45, 2.75) is 23.6 Å². The van der Waals surface area contributed by atoms with Crippen LogP contribution >= 0.6 is 22.7 Å². The van der Waals surface area contributed by atoms with Crippen LogP contribution < -0.4 is 41.9 Å². The van der Waals surface area contributed by atoms with E-state index in [0.717, 1.165) is 34.8 Å². The van der Waals surface area contributed by atoms with Crippen LogP contribution in [0.5, 0.6) is 12.0 Å². The molecule has 0 unspecified atom stereocenters. The van der Waals surface area contributed by atoms with Gasteiger partial charge in [0.2, 0.25) is 11.9 Å². The summed E-state index contributed by atoms with van der Waals surface area (Å²) < 4.78 is 61.4. The zero-order chi connectivity index (χ0) is 35.8. The highest BCUT2D eigenvalue weighted by atomic mass is 32.2. The van der Waals surface area contributed by atoms with E-state index in [9.17, 15) is 36.0 Å². The van der Waals surface area contributed by atoms with E-state index in [1.807, 2.05) is 0 Å². The van der Waals surface area contributed by atoms with Gasteiger partial charge in [-0.05, 0) is 36.7 Å². The number of aromatic carboxylic acids is 2. The van der Waals surface area contributed by atoms with Crippen molar-refractivity contribution in [3.8, 4) is 12.0 Å². The summed E-state index contributed by atoms with van der Waals surface area (Å²) in [5.74, 6) is -2.80. The maximum absolute atomic E-state index is 12.1. The molecule has 0 atom stereocenters. The fourth-order valence-electron chi connectivity index (χ4n) is 3.15. The number of carbonyl (C=O) groups is 4. The van der Waals surface area contributed by atoms with Crippen LogP contribution in [-0.2, 0) is 20.0 Å². The molecule has 4 aromatic rings. The number of amides is 4. The smallest absolute Gasteiger partial charge is 0.347 e. The number of hydrogen-bond acceptors (Lipinski definition) is 20. The molecule has 4 rings (SSSR count). The molecule has 50 heavy (non-hydrogen) atoms. The van der Waals surface area contributed by atoms with Crippen LogP contribution in [0.1, 0.15) is 31.0 Å². The van der Waals surface area contributed by atoms with Crippen LogP contribution in [0.4, 0.5) is 21.5 Å². The summed E-state index contributed by atoms with van der Waals surface area (Å²) in [5, 5.41) is 24.7. The van der Waals surface area contributed by atoms with Crippen molar-refractivity contribution in [1.82, 2.24) is 51.6 Å². The number of ether oxygens (including phenoxy) is 2. The molecule has 4 heterocycles. The molecule has 0 fully saturated rings. The van der Waals surface area contributed by atoms with Gasteiger partial charge in [-0.3, -0.25) is 10.6 Å². The van der Waals surface area contributed by atoms with Gasteiger partial charge in [-0.2, -0.15) is 29.9 Å². The van der Waals surface area contributed by atoms with Crippen LogP contribution in [-0.4, -0.2) is 95.2 Å². The molecule has 0 spiro atoms. The minimum atomic E-state index is -4.37. The van der Waals surface area contributed by atoms with Crippen LogP contribution in [0.25, 0.3) is 0 Å². The number of aromatic nitrogens is 6. The van der Waals surface area contributed by atoms with E-state index in [4.69, 9.17) is 19.7 Å². The first-order valence-electron chi connectivity index (χ1n) is 12.3. The van der Waals surface area contributed by atoms with E-state index in [0.29, 0.717) is 0 Å². The highest BCUT2D eigenvalue weighted by Crippen LogP contribution is 2.23. The molecule has 28 heteroatoms. The minimum Gasteiger partial charge on any atom is -0.477 e. The van der Waals surface area contributed by atoms with Gasteiger partial charge in [-0.1, -0.05) is 0 Å². The molecule has 0 saturated heterocycles. The largest absolute Gasteiger partial charge is 0.477 e. The molecule has 4 aromatic heterocycles. The minimum absolute atomic E-state index is 0. The van der Waals surface area contributed by atoms with Crippen molar-refractivity contribution in [3.05, 3.63) is 44.3 Å². The first-order valence-corrected chi connectivity index (χ1v) is 17.0. The Balaban J connectivity index is 0.000000481. The lowest BCUT2D eigenvalue weighted by molar-refractivity contribution is 0.0687. The van der Waals surface area contributed by atoms with Crippen molar-refractivity contribution < 1.29 is 55.7 Å². The maximum atomic E-state index is 12.1. The molecule has 12 N–H and O–H groups in total. The summed E-state index contributed by atoms with van der Waals surface area (Å²) in [6.45, 7) is 3.04. The van der Waals surface area contributed by atoms with Gasteiger partial charge in [0.15, 0.2) is 0 Å². The normalized spacial score (nSPS) is 10.5. The summed E-state index contributed by atoms with van der Waals surface area (Å²) >= 11 is 1.45. The third kappa shape index (κ3) is 11.2. The van der Waals surface area contributed by atoms with Gasteiger partial charge in [0, 0.05) is 0 Å². The molecule has 0 radical (unpaired) electrons. The number of carboxylic acid groups (broad SMARTS) is 2. The monoisotopic (exact) mass is 780 g/mol. The molecule has 0 aromatic carbocycles.